The third-order valence-electron chi connectivity index (χ3n) is 4.57. The summed E-state index contributed by atoms with van der Waals surface area (Å²) in [7, 11) is 0. The number of rotatable bonds is 6. The Labute approximate surface area is 173 Å². The third-order valence-corrected chi connectivity index (χ3v) is 4.93. The maximum absolute atomic E-state index is 13.8. The number of anilines is 2. The van der Waals surface area contributed by atoms with E-state index in [0.717, 1.165) is 18.8 Å². The Morgan fingerprint density at radius 1 is 1.21 bits per heavy atom. The van der Waals surface area contributed by atoms with Crippen molar-refractivity contribution >= 4 is 34.9 Å². The second-order valence-electron chi connectivity index (χ2n) is 6.64. The van der Waals surface area contributed by atoms with Gasteiger partial charge in [-0.1, -0.05) is 17.7 Å². The molecule has 2 aromatic rings. The van der Waals surface area contributed by atoms with Crippen LogP contribution in [-0.2, 0) is 25.5 Å². The van der Waals surface area contributed by atoms with E-state index in [9.17, 15) is 14.0 Å². The highest BCUT2D eigenvalue weighted by atomic mass is 35.5. The molecule has 1 aliphatic rings. The fourth-order valence-electron chi connectivity index (χ4n) is 2.96. The van der Waals surface area contributed by atoms with Gasteiger partial charge in [0, 0.05) is 35.1 Å². The molecule has 1 heterocycles. The third kappa shape index (κ3) is 5.68. The predicted octanol–water partition coefficient (Wildman–Crippen LogP) is 3.43. The average molecular weight is 421 g/mol. The number of benzene rings is 2. The lowest BCUT2D eigenvalue weighted by Crippen LogP contribution is -2.36. The lowest BCUT2D eigenvalue weighted by atomic mass is 10.1. The zero-order valence-electron chi connectivity index (χ0n) is 16.0. The smallest absolute Gasteiger partial charge is 0.311 e. The minimum Gasteiger partial charge on any atom is -0.452 e. The van der Waals surface area contributed by atoms with Gasteiger partial charge in [0.25, 0.3) is 5.91 Å². The molecule has 0 unspecified atom stereocenters. The molecule has 154 valence electrons. The molecule has 2 aromatic carbocycles. The molecule has 0 spiro atoms. The van der Waals surface area contributed by atoms with Gasteiger partial charge in [-0.2, -0.15) is 0 Å². The molecule has 1 saturated heterocycles. The summed E-state index contributed by atoms with van der Waals surface area (Å²) in [5.41, 5.74) is 1.69. The first-order valence-corrected chi connectivity index (χ1v) is 9.68. The van der Waals surface area contributed by atoms with Crippen molar-refractivity contribution in [2.45, 2.75) is 19.4 Å². The Hall–Kier alpha value is -2.64. The van der Waals surface area contributed by atoms with Crippen molar-refractivity contribution in [3.8, 4) is 0 Å². The van der Waals surface area contributed by atoms with Gasteiger partial charge in [-0.3, -0.25) is 9.59 Å². The number of hydrogen-bond donors (Lipinski definition) is 1. The van der Waals surface area contributed by atoms with E-state index in [1.807, 2.05) is 12.1 Å². The highest BCUT2D eigenvalue weighted by molar-refractivity contribution is 6.31. The van der Waals surface area contributed by atoms with Crippen molar-refractivity contribution in [2.75, 3.05) is 36.5 Å². The number of amides is 1. The lowest BCUT2D eigenvalue weighted by molar-refractivity contribution is -0.152. The Kier molecular flexibility index (Phi) is 7.06. The molecular weight excluding hydrogens is 399 g/mol. The first-order valence-electron chi connectivity index (χ1n) is 9.30. The van der Waals surface area contributed by atoms with Crippen molar-refractivity contribution in [1.82, 2.24) is 0 Å². The van der Waals surface area contributed by atoms with E-state index in [4.69, 9.17) is 21.1 Å². The zero-order chi connectivity index (χ0) is 20.8. The van der Waals surface area contributed by atoms with E-state index in [-0.39, 0.29) is 17.0 Å². The molecular formula is C21H22ClFN2O4. The first-order chi connectivity index (χ1) is 13.9. The van der Waals surface area contributed by atoms with Gasteiger partial charge in [-0.15, -0.1) is 0 Å². The number of morpholine rings is 1. The molecule has 1 aliphatic heterocycles. The van der Waals surface area contributed by atoms with Crippen LogP contribution >= 0.6 is 11.6 Å². The van der Waals surface area contributed by atoms with Gasteiger partial charge < -0.3 is 19.7 Å². The lowest BCUT2D eigenvalue weighted by Gasteiger charge is -2.28. The van der Waals surface area contributed by atoms with E-state index in [2.05, 4.69) is 10.2 Å². The molecule has 3 rings (SSSR count). The molecule has 0 radical (unpaired) electrons. The van der Waals surface area contributed by atoms with Gasteiger partial charge in [-0.05, 0) is 43.3 Å². The van der Waals surface area contributed by atoms with Crippen LogP contribution < -0.4 is 10.2 Å². The molecule has 1 N–H and O–H groups in total. The monoisotopic (exact) mass is 420 g/mol. The Balaban J connectivity index is 1.52. The van der Waals surface area contributed by atoms with Crippen LogP contribution in [0.3, 0.4) is 0 Å². The largest absolute Gasteiger partial charge is 0.452 e. The van der Waals surface area contributed by atoms with Crippen LogP contribution in [-0.4, -0.2) is 44.3 Å². The summed E-state index contributed by atoms with van der Waals surface area (Å²) in [4.78, 5) is 26.6. The van der Waals surface area contributed by atoms with Gasteiger partial charge in [0.05, 0.1) is 19.6 Å². The summed E-state index contributed by atoms with van der Waals surface area (Å²) in [6.45, 7) is 4.49. The number of carbonyl (C=O) groups excluding carboxylic acids is 2. The summed E-state index contributed by atoms with van der Waals surface area (Å²) in [5, 5.41) is 2.84. The molecule has 29 heavy (non-hydrogen) atoms. The van der Waals surface area contributed by atoms with Crippen LogP contribution in [0, 0.1) is 5.82 Å². The summed E-state index contributed by atoms with van der Waals surface area (Å²) in [5.74, 6) is -1.80. The van der Waals surface area contributed by atoms with Gasteiger partial charge in [0.15, 0.2) is 6.10 Å². The second-order valence-corrected chi connectivity index (χ2v) is 7.05. The maximum Gasteiger partial charge on any atom is 0.311 e. The molecule has 1 amide bonds. The minimum atomic E-state index is -1.04. The number of halogens is 2. The summed E-state index contributed by atoms with van der Waals surface area (Å²) in [6.07, 6.45) is -1.39. The summed E-state index contributed by atoms with van der Waals surface area (Å²) >= 11 is 5.91. The van der Waals surface area contributed by atoms with Gasteiger partial charge in [0.1, 0.15) is 5.82 Å². The van der Waals surface area contributed by atoms with Crippen LogP contribution in [0.2, 0.25) is 5.02 Å². The molecule has 1 fully saturated rings. The van der Waals surface area contributed by atoms with E-state index in [1.165, 1.54) is 25.1 Å². The fourth-order valence-corrected chi connectivity index (χ4v) is 3.19. The normalized spacial score (nSPS) is 14.9. The summed E-state index contributed by atoms with van der Waals surface area (Å²) < 4.78 is 24.2. The number of carbonyl (C=O) groups is 2. The highest BCUT2D eigenvalue weighted by Gasteiger charge is 2.20. The molecule has 6 nitrogen and oxygen atoms in total. The molecule has 0 aliphatic carbocycles. The van der Waals surface area contributed by atoms with Crippen LogP contribution in [0.5, 0.6) is 0 Å². The number of ether oxygens (including phenoxy) is 2. The number of nitrogens with one attached hydrogen (secondary N) is 1. The van der Waals surface area contributed by atoms with Crippen LogP contribution in [0.25, 0.3) is 0 Å². The van der Waals surface area contributed by atoms with Crippen molar-refractivity contribution < 1.29 is 23.5 Å². The molecule has 0 saturated carbocycles. The second kappa shape index (κ2) is 9.71. The van der Waals surface area contributed by atoms with Gasteiger partial charge >= 0.3 is 5.97 Å². The van der Waals surface area contributed by atoms with Crippen molar-refractivity contribution in [1.29, 1.82) is 0 Å². The van der Waals surface area contributed by atoms with Gasteiger partial charge in [-0.25, -0.2) is 4.39 Å². The van der Waals surface area contributed by atoms with E-state index in [0.29, 0.717) is 18.9 Å². The van der Waals surface area contributed by atoms with Crippen molar-refractivity contribution in [2.24, 2.45) is 0 Å². The molecule has 0 bridgehead atoms. The SMILES string of the molecule is C[C@@H](OC(=O)Cc1c(F)cccc1Cl)C(=O)Nc1ccc(N2CCOCC2)cc1. The first kappa shape index (κ1) is 21.1. The Morgan fingerprint density at radius 2 is 1.90 bits per heavy atom. The quantitative estimate of drug-likeness (QED) is 0.725. The van der Waals surface area contributed by atoms with Gasteiger partial charge in [0.2, 0.25) is 0 Å². The van der Waals surface area contributed by atoms with E-state index in [1.54, 1.807) is 12.1 Å². The highest BCUT2D eigenvalue weighted by Crippen LogP contribution is 2.21. The zero-order valence-corrected chi connectivity index (χ0v) is 16.7. The minimum absolute atomic E-state index is 0.0467. The van der Waals surface area contributed by atoms with E-state index >= 15 is 0 Å². The molecule has 0 aromatic heterocycles. The molecule has 8 heteroatoms. The average Bonchev–Trinajstić information content (AvgIpc) is 2.72. The van der Waals surface area contributed by atoms with E-state index < -0.39 is 23.8 Å². The molecule has 1 atom stereocenters. The maximum atomic E-state index is 13.8. The van der Waals surface area contributed by atoms with Crippen LogP contribution in [0.15, 0.2) is 42.5 Å². The Bertz CT molecular complexity index is 849. The fraction of sp³-hybridized carbons (Fsp3) is 0.333. The van der Waals surface area contributed by atoms with Crippen LogP contribution in [0.1, 0.15) is 12.5 Å². The standard InChI is InChI=1S/C21H22ClFN2O4/c1-14(29-20(26)13-17-18(22)3-2-4-19(17)23)21(27)24-15-5-7-16(8-6-15)25-9-11-28-12-10-25/h2-8,14H,9-13H2,1H3,(H,24,27)/t14-/m1/s1. The summed E-state index contributed by atoms with van der Waals surface area (Å²) in [6, 6.07) is 11.6. The van der Waals surface area contributed by atoms with Crippen molar-refractivity contribution in [3.05, 3.63) is 58.9 Å². The number of hydrogen-bond acceptors (Lipinski definition) is 5. The van der Waals surface area contributed by atoms with Crippen molar-refractivity contribution in [3.63, 3.8) is 0 Å². The number of nitrogens with zero attached hydrogens (tertiary/aromatic N) is 1. The predicted molar refractivity (Wildman–Crippen MR) is 109 cm³/mol. The Morgan fingerprint density at radius 3 is 2.55 bits per heavy atom. The number of esters is 1. The topological polar surface area (TPSA) is 67.9 Å². The van der Waals surface area contributed by atoms with Crippen LogP contribution in [0.4, 0.5) is 15.8 Å².